The van der Waals surface area contributed by atoms with Gasteiger partial charge in [-0.3, -0.25) is 0 Å². The molecule has 1 unspecified atom stereocenters. The summed E-state index contributed by atoms with van der Waals surface area (Å²) in [5.74, 6) is -0.893. The van der Waals surface area contributed by atoms with Gasteiger partial charge in [-0.2, -0.15) is 13.2 Å². The lowest BCUT2D eigenvalue weighted by Crippen LogP contribution is -2.42. The maximum absolute atomic E-state index is 12.7. The zero-order valence-corrected chi connectivity index (χ0v) is 11.6. The van der Waals surface area contributed by atoms with E-state index >= 15 is 0 Å². The highest BCUT2D eigenvalue weighted by Crippen LogP contribution is 2.37. The Balaban J connectivity index is 2.21. The Kier molecular flexibility index (Phi) is 4.01. The molecule has 3 nitrogen and oxygen atoms in total. The first kappa shape index (κ1) is 13.9. The van der Waals surface area contributed by atoms with Crippen molar-refractivity contribution in [2.75, 3.05) is 18.0 Å². The minimum absolute atomic E-state index is 0.0879. The summed E-state index contributed by atoms with van der Waals surface area (Å²) >= 11 is 9.02. The third kappa shape index (κ3) is 2.88. The lowest BCUT2D eigenvalue weighted by atomic mass is 9.97. The van der Waals surface area contributed by atoms with Gasteiger partial charge in [0.15, 0.2) is 0 Å². The molecule has 0 spiro atoms. The van der Waals surface area contributed by atoms with Crippen molar-refractivity contribution >= 4 is 33.3 Å². The minimum Gasteiger partial charge on any atom is -0.355 e. The fourth-order valence-corrected chi connectivity index (χ4v) is 2.58. The highest BCUT2D eigenvalue weighted by Gasteiger charge is 2.42. The highest BCUT2D eigenvalue weighted by atomic mass is 79.9. The van der Waals surface area contributed by atoms with Crippen molar-refractivity contribution in [3.05, 3.63) is 16.0 Å². The van der Waals surface area contributed by atoms with E-state index in [4.69, 9.17) is 11.6 Å². The second kappa shape index (κ2) is 5.21. The van der Waals surface area contributed by atoms with Crippen LogP contribution in [0.4, 0.5) is 19.0 Å². The summed E-state index contributed by atoms with van der Waals surface area (Å²) in [7, 11) is 0. The van der Waals surface area contributed by atoms with Gasteiger partial charge in [0.05, 0.1) is 10.4 Å². The van der Waals surface area contributed by atoms with Crippen LogP contribution in [0.3, 0.4) is 0 Å². The van der Waals surface area contributed by atoms with E-state index in [0.29, 0.717) is 23.3 Å². The molecule has 0 bridgehead atoms. The molecular formula is C10H10BrClF3N3. The van der Waals surface area contributed by atoms with Gasteiger partial charge in [-0.25, -0.2) is 9.97 Å². The molecule has 1 aliphatic heterocycles. The molecule has 18 heavy (non-hydrogen) atoms. The van der Waals surface area contributed by atoms with E-state index in [9.17, 15) is 13.2 Å². The lowest BCUT2D eigenvalue weighted by Gasteiger charge is -2.34. The Labute approximate surface area is 115 Å². The fraction of sp³-hybridized carbons (Fsp3) is 0.600. The van der Waals surface area contributed by atoms with Gasteiger partial charge < -0.3 is 4.90 Å². The van der Waals surface area contributed by atoms with Crippen molar-refractivity contribution in [1.29, 1.82) is 0 Å². The molecule has 0 amide bonds. The Hall–Kier alpha value is -0.560. The van der Waals surface area contributed by atoms with Crippen LogP contribution >= 0.6 is 27.5 Å². The van der Waals surface area contributed by atoms with Crippen LogP contribution in [0.25, 0.3) is 0 Å². The number of piperidine rings is 1. The molecule has 0 aliphatic carbocycles. The van der Waals surface area contributed by atoms with Crippen molar-refractivity contribution in [2.45, 2.75) is 19.0 Å². The molecule has 1 saturated heterocycles. The quantitative estimate of drug-likeness (QED) is 0.728. The van der Waals surface area contributed by atoms with Gasteiger partial charge >= 0.3 is 6.18 Å². The van der Waals surface area contributed by atoms with Crippen molar-refractivity contribution in [3.8, 4) is 0 Å². The van der Waals surface area contributed by atoms with Gasteiger partial charge in [0, 0.05) is 13.1 Å². The van der Waals surface area contributed by atoms with Crippen LogP contribution in [-0.4, -0.2) is 29.2 Å². The predicted octanol–water partition coefficient (Wildman–Crippen LogP) is 3.67. The van der Waals surface area contributed by atoms with E-state index in [1.54, 1.807) is 4.90 Å². The normalized spacial score (nSPS) is 21.2. The van der Waals surface area contributed by atoms with Crippen LogP contribution in [0.2, 0.25) is 5.15 Å². The van der Waals surface area contributed by atoms with Crippen LogP contribution in [-0.2, 0) is 0 Å². The molecule has 1 atom stereocenters. The van der Waals surface area contributed by atoms with Gasteiger partial charge in [0.1, 0.15) is 17.3 Å². The summed E-state index contributed by atoms with van der Waals surface area (Å²) in [6.45, 7) is 0.452. The van der Waals surface area contributed by atoms with Crippen molar-refractivity contribution in [3.63, 3.8) is 0 Å². The lowest BCUT2D eigenvalue weighted by molar-refractivity contribution is -0.176. The molecule has 1 aromatic heterocycles. The molecular weight excluding hydrogens is 334 g/mol. The second-order valence-electron chi connectivity index (χ2n) is 4.13. The first-order valence-electron chi connectivity index (χ1n) is 5.37. The van der Waals surface area contributed by atoms with Crippen molar-refractivity contribution < 1.29 is 13.2 Å². The van der Waals surface area contributed by atoms with Gasteiger partial charge in [0.25, 0.3) is 0 Å². The maximum Gasteiger partial charge on any atom is 0.393 e. The molecule has 0 radical (unpaired) electrons. The first-order chi connectivity index (χ1) is 8.39. The average molecular weight is 345 g/mol. The summed E-state index contributed by atoms with van der Waals surface area (Å²) in [5.41, 5.74) is 0. The van der Waals surface area contributed by atoms with Gasteiger partial charge in [-0.1, -0.05) is 11.6 Å². The Morgan fingerprint density at radius 2 is 2.11 bits per heavy atom. The van der Waals surface area contributed by atoms with Gasteiger partial charge in [-0.15, -0.1) is 0 Å². The second-order valence-corrected chi connectivity index (χ2v) is 5.28. The van der Waals surface area contributed by atoms with E-state index < -0.39 is 12.1 Å². The van der Waals surface area contributed by atoms with Gasteiger partial charge in [0.2, 0.25) is 0 Å². The van der Waals surface area contributed by atoms with E-state index in [-0.39, 0.29) is 18.1 Å². The molecule has 1 aliphatic rings. The van der Waals surface area contributed by atoms with Crippen LogP contribution in [0, 0.1) is 5.92 Å². The molecule has 100 valence electrons. The summed E-state index contributed by atoms with van der Waals surface area (Å²) < 4.78 is 38.6. The van der Waals surface area contributed by atoms with E-state index in [1.165, 1.54) is 6.33 Å². The largest absolute Gasteiger partial charge is 0.393 e. The first-order valence-corrected chi connectivity index (χ1v) is 6.54. The number of hydrogen-bond donors (Lipinski definition) is 0. The van der Waals surface area contributed by atoms with E-state index in [0.717, 1.165) is 0 Å². The molecule has 0 aromatic carbocycles. The van der Waals surface area contributed by atoms with Crippen molar-refractivity contribution in [2.24, 2.45) is 5.92 Å². The SMILES string of the molecule is FC(F)(F)C1CCCN(c2ncnc(Cl)c2Br)C1. The topological polar surface area (TPSA) is 29.0 Å². The summed E-state index contributed by atoms with van der Waals surface area (Å²) in [6.07, 6.45) is -2.27. The molecule has 2 rings (SSSR count). The molecule has 0 N–H and O–H groups in total. The van der Waals surface area contributed by atoms with Crippen LogP contribution in [0.5, 0.6) is 0 Å². The number of alkyl halides is 3. The standard InChI is InChI=1S/C10H10BrClF3N3/c11-7-8(12)16-5-17-9(7)18-3-1-2-6(4-18)10(13,14)15/h5-6H,1-4H2. The number of anilines is 1. The summed E-state index contributed by atoms with van der Waals surface area (Å²) in [5, 5.41) is 0.203. The van der Waals surface area contributed by atoms with Crippen LogP contribution in [0.15, 0.2) is 10.8 Å². The molecule has 0 saturated carbocycles. The number of hydrogen-bond acceptors (Lipinski definition) is 3. The number of nitrogens with zero attached hydrogens (tertiary/aromatic N) is 3. The van der Waals surface area contributed by atoms with Crippen LogP contribution in [0.1, 0.15) is 12.8 Å². The smallest absolute Gasteiger partial charge is 0.355 e. The zero-order chi connectivity index (χ0) is 13.3. The Morgan fingerprint density at radius 1 is 1.39 bits per heavy atom. The van der Waals surface area contributed by atoms with Crippen LogP contribution < -0.4 is 4.90 Å². The Bertz CT molecular complexity index is 441. The minimum atomic E-state index is -4.16. The molecule has 1 aromatic rings. The number of aromatic nitrogens is 2. The fourth-order valence-electron chi connectivity index (χ4n) is 2.00. The number of rotatable bonds is 1. The summed E-state index contributed by atoms with van der Waals surface area (Å²) in [4.78, 5) is 9.35. The van der Waals surface area contributed by atoms with Crippen molar-refractivity contribution in [1.82, 2.24) is 9.97 Å². The molecule has 1 fully saturated rings. The van der Waals surface area contributed by atoms with E-state index in [2.05, 4.69) is 25.9 Å². The maximum atomic E-state index is 12.7. The highest BCUT2D eigenvalue weighted by molar-refractivity contribution is 9.10. The van der Waals surface area contributed by atoms with Gasteiger partial charge in [-0.05, 0) is 28.8 Å². The average Bonchev–Trinajstić information content (AvgIpc) is 2.32. The molecule has 2 heterocycles. The zero-order valence-electron chi connectivity index (χ0n) is 9.21. The summed E-state index contributed by atoms with van der Waals surface area (Å²) in [6, 6.07) is 0. The molecule has 8 heteroatoms. The van der Waals surface area contributed by atoms with E-state index in [1.807, 2.05) is 0 Å². The predicted molar refractivity (Wildman–Crippen MR) is 65.7 cm³/mol. The third-order valence-electron chi connectivity index (χ3n) is 2.91. The third-order valence-corrected chi connectivity index (χ3v) is 4.16. The Morgan fingerprint density at radius 3 is 2.78 bits per heavy atom. The monoisotopic (exact) mass is 343 g/mol. The number of halogens is 5.